The van der Waals surface area contributed by atoms with Crippen LogP contribution >= 0.6 is 0 Å². The Morgan fingerprint density at radius 3 is 2.81 bits per heavy atom. The second-order valence-corrected chi connectivity index (χ2v) is 6.82. The van der Waals surface area contributed by atoms with E-state index in [-0.39, 0.29) is 6.10 Å². The summed E-state index contributed by atoms with van der Waals surface area (Å²) < 4.78 is 27.7. The van der Waals surface area contributed by atoms with Gasteiger partial charge in [-0.25, -0.2) is 0 Å². The van der Waals surface area contributed by atoms with E-state index in [0.29, 0.717) is 23.7 Å². The Labute approximate surface area is 96.3 Å². The Hall–Kier alpha value is -0.610. The fraction of sp³-hybridized carbons (Fsp3) is 0.667. The van der Waals surface area contributed by atoms with Crippen LogP contribution in [-0.4, -0.2) is 20.8 Å². The molecule has 5 atom stereocenters. The zero-order chi connectivity index (χ0) is 11.5. The van der Waals surface area contributed by atoms with Crippen LogP contribution in [-0.2, 0) is 14.3 Å². The van der Waals surface area contributed by atoms with Gasteiger partial charge in [0.05, 0.1) is 12.4 Å². The van der Waals surface area contributed by atoms with Crippen LogP contribution in [0.5, 0.6) is 0 Å². The number of hydrogen-bond donors (Lipinski definition) is 0. The van der Waals surface area contributed by atoms with Gasteiger partial charge >= 0.3 is 0 Å². The second kappa shape index (κ2) is 3.20. The molecule has 1 fully saturated rings. The number of hydrogen-bond acceptors (Lipinski definition) is 3. The van der Waals surface area contributed by atoms with Crippen LogP contribution < -0.4 is 0 Å². The van der Waals surface area contributed by atoms with Gasteiger partial charge in [-0.05, 0) is 31.1 Å². The molecule has 0 bridgehead atoms. The van der Waals surface area contributed by atoms with Gasteiger partial charge in [0, 0.05) is 5.92 Å². The van der Waals surface area contributed by atoms with Gasteiger partial charge in [0.15, 0.2) is 0 Å². The van der Waals surface area contributed by atoms with Gasteiger partial charge in [0.25, 0.3) is 10.1 Å². The topological polar surface area (TPSA) is 43.4 Å². The zero-order valence-corrected chi connectivity index (χ0v) is 10.3. The SMILES string of the molecule is CC1=CC2C=CC3CC(OS(C)(=O)=O)C1C23. The normalized spacial score (nSPS) is 44.9. The molecule has 0 aromatic rings. The first-order chi connectivity index (χ1) is 7.46. The van der Waals surface area contributed by atoms with Crippen molar-refractivity contribution in [2.75, 3.05) is 6.26 Å². The van der Waals surface area contributed by atoms with Crippen LogP contribution in [0.2, 0.25) is 0 Å². The van der Waals surface area contributed by atoms with Crippen molar-refractivity contribution in [3.63, 3.8) is 0 Å². The van der Waals surface area contributed by atoms with Crippen molar-refractivity contribution in [2.45, 2.75) is 19.4 Å². The minimum Gasteiger partial charge on any atom is -0.266 e. The molecule has 88 valence electrons. The largest absolute Gasteiger partial charge is 0.266 e. The molecule has 0 amide bonds. The van der Waals surface area contributed by atoms with Crippen molar-refractivity contribution >= 4 is 10.1 Å². The zero-order valence-electron chi connectivity index (χ0n) is 9.46. The maximum absolute atomic E-state index is 11.2. The van der Waals surface area contributed by atoms with E-state index < -0.39 is 10.1 Å². The Bertz CT molecular complexity index is 474. The summed E-state index contributed by atoms with van der Waals surface area (Å²) in [6.07, 6.45) is 8.61. The predicted octanol–water partition coefficient (Wildman–Crippen LogP) is 1.73. The fourth-order valence-corrected chi connectivity index (χ4v) is 4.37. The third-order valence-corrected chi connectivity index (χ3v) is 4.72. The van der Waals surface area contributed by atoms with E-state index in [4.69, 9.17) is 4.18 Å². The first-order valence-electron chi connectivity index (χ1n) is 5.70. The Balaban J connectivity index is 1.90. The maximum atomic E-state index is 11.2. The van der Waals surface area contributed by atoms with E-state index in [0.717, 1.165) is 12.7 Å². The van der Waals surface area contributed by atoms with Crippen molar-refractivity contribution in [3.05, 3.63) is 23.8 Å². The van der Waals surface area contributed by atoms with E-state index in [1.165, 1.54) is 5.57 Å². The lowest BCUT2D eigenvalue weighted by Gasteiger charge is -2.20. The van der Waals surface area contributed by atoms with Gasteiger partial charge in [-0.3, -0.25) is 4.18 Å². The molecule has 0 saturated heterocycles. The van der Waals surface area contributed by atoms with Crippen LogP contribution in [0, 0.1) is 23.7 Å². The van der Waals surface area contributed by atoms with Crippen molar-refractivity contribution in [2.24, 2.45) is 23.7 Å². The summed E-state index contributed by atoms with van der Waals surface area (Å²) in [4.78, 5) is 0. The van der Waals surface area contributed by atoms with Crippen molar-refractivity contribution < 1.29 is 12.6 Å². The lowest BCUT2D eigenvalue weighted by atomic mass is 9.88. The summed E-state index contributed by atoms with van der Waals surface area (Å²) in [5.41, 5.74) is 1.30. The monoisotopic (exact) mass is 240 g/mol. The van der Waals surface area contributed by atoms with E-state index in [1.54, 1.807) is 0 Å². The van der Waals surface area contributed by atoms with Gasteiger partial charge in [-0.15, -0.1) is 0 Å². The number of rotatable bonds is 2. The van der Waals surface area contributed by atoms with E-state index >= 15 is 0 Å². The summed E-state index contributed by atoms with van der Waals surface area (Å²) in [5, 5.41) is 0. The van der Waals surface area contributed by atoms with Gasteiger partial charge < -0.3 is 0 Å². The van der Waals surface area contributed by atoms with Gasteiger partial charge in [0.1, 0.15) is 0 Å². The lowest BCUT2D eigenvalue weighted by molar-refractivity contribution is 0.172. The average molecular weight is 240 g/mol. The molecule has 16 heavy (non-hydrogen) atoms. The van der Waals surface area contributed by atoms with Crippen molar-refractivity contribution in [1.29, 1.82) is 0 Å². The molecule has 0 aliphatic heterocycles. The molecule has 1 saturated carbocycles. The third kappa shape index (κ3) is 1.47. The highest BCUT2D eigenvalue weighted by Crippen LogP contribution is 2.55. The fourth-order valence-electron chi connectivity index (χ4n) is 3.72. The molecule has 0 N–H and O–H groups in total. The van der Waals surface area contributed by atoms with E-state index in [9.17, 15) is 8.42 Å². The molecular weight excluding hydrogens is 224 g/mol. The third-order valence-electron chi connectivity index (χ3n) is 4.12. The van der Waals surface area contributed by atoms with Crippen LogP contribution in [0.15, 0.2) is 23.8 Å². The minimum atomic E-state index is -3.34. The Morgan fingerprint density at radius 2 is 2.12 bits per heavy atom. The summed E-state index contributed by atoms with van der Waals surface area (Å²) in [6, 6.07) is 0. The predicted molar refractivity (Wildman–Crippen MR) is 61.2 cm³/mol. The summed E-state index contributed by atoms with van der Waals surface area (Å²) in [5.74, 6) is 1.89. The molecule has 3 nitrogen and oxygen atoms in total. The van der Waals surface area contributed by atoms with Crippen molar-refractivity contribution in [3.8, 4) is 0 Å². The average Bonchev–Trinajstić information content (AvgIpc) is 2.70. The standard InChI is InChI=1S/C12H16O3S/c1-7-5-8-3-4-9-6-10(11(7)12(8)9)15-16(2,13)14/h3-5,8-12H,6H2,1-2H3. The maximum Gasteiger partial charge on any atom is 0.264 e. The number of allylic oxidation sites excluding steroid dienone is 3. The minimum absolute atomic E-state index is 0.142. The molecule has 0 heterocycles. The first kappa shape index (κ1) is 10.5. The summed E-state index contributed by atoms with van der Waals surface area (Å²) >= 11 is 0. The Kier molecular flexibility index (Phi) is 2.11. The van der Waals surface area contributed by atoms with Gasteiger partial charge in [-0.1, -0.05) is 23.8 Å². The highest BCUT2D eigenvalue weighted by Gasteiger charge is 2.52. The molecule has 0 aromatic carbocycles. The highest BCUT2D eigenvalue weighted by molar-refractivity contribution is 7.86. The van der Waals surface area contributed by atoms with Crippen LogP contribution in [0.4, 0.5) is 0 Å². The molecule has 0 radical (unpaired) electrons. The molecule has 0 spiro atoms. The first-order valence-corrected chi connectivity index (χ1v) is 7.52. The summed E-state index contributed by atoms with van der Waals surface area (Å²) in [6.45, 7) is 2.10. The molecule has 5 unspecified atom stereocenters. The highest BCUT2D eigenvalue weighted by atomic mass is 32.2. The molecule has 3 aliphatic carbocycles. The second-order valence-electron chi connectivity index (χ2n) is 5.21. The van der Waals surface area contributed by atoms with Crippen LogP contribution in [0.1, 0.15) is 13.3 Å². The smallest absolute Gasteiger partial charge is 0.264 e. The van der Waals surface area contributed by atoms with Gasteiger partial charge in [-0.2, -0.15) is 8.42 Å². The molecule has 4 heteroatoms. The molecule has 3 aliphatic rings. The molecule has 3 rings (SSSR count). The van der Waals surface area contributed by atoms with E-state index in [1.807, 2.05) is 0 Å². The molecule has 0 aromatic heterocycles. The lowest BCUT2D eigenvalue weighted by Crippen LogP contribution is -2.24. The Morgan fingerprint density at radius 1 is 1.38 bits per heavy atom. The van der Waals surface area contributed by atoms with Gasteiger partial charge in [0.2, 0.25) is 0 Å². The summed E-state index contributed by atoms with van der Waals surface area (Å²) in [7, 11) is -3.34. The quantitative estimate of drug-likeness (QED) is 0.545. The van der Waals surface area contributed by atoms with Crippen LogP contribution in [0.25, 0.3) is 0 Å². The van der Waals surface area contributed by atoms with E-state index in [2.05, 4.69) is 25.2 Å². The van der Waals surface area contributed by atoms with Crippen molar-refractivity contribution in [1.82, 2.24) is 0 Å². The van der Waals surface area contributed by atoms with Crippen LogP contribution in [0.3, 0.4) is 0 Å². The molecular formula is C12H16O3S.